The minimum atomic E-state index is -4.84. The Bertz CT molecular complexity index is 1690. The summed E-state index contributed by atoms with van der Waals surface area (Å²) in [5.74, 6) is 1.08. The highest BCUT2D eigenvalue weighted by atomic mass is 19.4. The van der Waals surface area contributed by atoms with E-state index in [9.17, 15) is 18.0 Å². The average molecular weight is 535 g/mol. The topological polar surface area (TPSA) is 91.8 Å². The van der Waals surface area contributed by atoms with Crippen LogP contribution in [-0.4, -0.2) is 36.5 Å². The SMILES string of the molecule is COc1cc2nccc(Oc3ccc4ncc(C(=O)Nc5cccc(OC(F)(F)F)c5)cc4c3)c2cc1OC. The lowest BCUT2D eigenvalue weighted by Gasteiger charge is -2.13. The molecule has 39 heavy (non-hydrogen) atoms. The molecule has 0 saturated heterocycles. The molecule has 0 unspecified atom stereocenters. The number of aromatic nitrogens is 2. The van der Waals surface area contributed by atoms with Gasteiger partial charge in [0.15, 0.2) is 11.5 Å². The highest BCUT2D eigenvalue weighted by Gasteiger charge is 2.31. The summed E-state index contributed by atoms with van der Waals surface area (Å²) in [5, 5.41) is 3.88. The van der Waals surface area contributed by atoms with Crippen LogP contribution in [0.25, 0.3) is 21.8 Å². The molecule has 5 rings (SSSR count). The molecule has 2 heterocycles. The Kier molecular flexibility index (Phi) is 6.80. The number of carbonyl (C=O) groups is 1. The molecule has 0 bridgehead atoms. The third kappa shape index (κ3) is 5.77. The van der Waals surface area contributed by atoms with Gasteiger partial charge in [0.25, 0.3) is 5.91 Å². The monoisotopic (exact) mass is 535 g/mol. The summed E-state index contributed by atoms with van der Waals surface area (Å²) < 4.78 is 58.4. The number of methoxy groups -OCH3 is 2. The van der Waals surface area contributed by atoms with Gasteiger partial charge in [-0.25, -0.2) is 0 Å². The van der Waals surface area contributed by atoms with Gasteiger partial charge >= 0.3 is 6.36 Å². The summed E-state index contributed by atoms with van der Waals surface area (Å²) in [4.78, 5) is 21.5. The molecule has 0 aliphatic carbocycles. The van der Waals surface area contributed by atoms with E-state index < -0.39 is 18.0 Å². The van der Waals surface area contributed by atoms with Crippen molar-refractivity contribution >= 4 is 33.4 Å². The molecule has 2 aromatic heterocycles. The first kappa shape index (κ1) is 25.6. The molecule has 5 aromatic rings. The Morgan fingerprint density at radius 2 is 1.62 bits per heavy atom. The number of benzene rings is 3. The van der Waals surface area contributed by atoms with E-state index in [2.05, 4.69) is 20.0 Å². The summed E-state index contributed by atoms with van der Waals surface area (Å²) in [5.41, 5.74) is 1.60. The van der Waals surface area contributed by atoms with E-state index >= 15 is 0 Å². The van der Waals surface area contributed by atoms with Crippen LogP contribution in [0.5, 0.6) is 28.7 Å². The number of pyridine rings is 2. The molecular formula is C28H20F3N3O5. The molecule has 0 aliphatic rings. The van der Waals surface area contributed by atoms with Crippen LogP contribution in [0.4, 0.5) is 18.9 Å². The summed E-state index contributed by atoms with van der Waals surface area (Å²) in [6.45, 7) is 0. The lowest BCUT2D eigenvalue weighted by Crippen LogP contribution is -2.17. The van der Waals surface area contributed by atoms with Crippen LogP contribution < -0.4 is 24.3 Å². The zero-order chi connectivity index (χ0) is 27.6. The van der Waals surface area contributed by atoms with Crippen molar-refractivity contribution in [3.05, 3.63) is 84.7 Å². The van der Waals surface area contributed by atoms with Gasteiger partial charge in [-0.15, -0.1) is 13.2 Å². The van der Waals surface area contributed by atoms with E-state index in [1.165, 1.54) is 25.4 Å². The van der Waals surface area contributed by atoms with Gasteiger partial charge in [0.1, 0.15) is 17.2 Å². The Hall–Kier alpha value is -5.06. The number of nitrogens with one attached hydrogen (secondary N) is 1. The smallest absolute Gasteiger partial charge is 0.493 e. The lowest BCUT2D eigenvalue weighted by molar-refractivity contribution is -0.274. The van der Waals surface area contributed by atoms with E-state index in [0.29, 0.717) is 44.8 Å². The first-order valence-electron chi connectivity index (χ1n) is 11.5. The van der Waals surface area contributed by atoms with Crippen molar-refractivity contribution in [3.8, 4) is 28.7 Å². The quantitative estimate of drug-likeness (QED) is 0.247. The van der Waals surface area contributed by atoms with Crippen molar-refractivity contribution in [1.82, 2.24) is 9.97 Å². The summed E-state index contributed by atoms with van der Waals surface area (Å²) in [6, 6.07) is 17.1. The molecule has 1 amide bonds. The number of anilines is 1. The number of fused-ring (bicyclic) bond motifs is 2. The van der Waals surface area contributed by atoms with Crippen molar-refractivity contribution in [3.63, 3.8) is 0 Å². The molecule has 0 spiro atoms. The van der Waals surface area contributed by atoms with E-state index in [1.807, 2.05) is 0 Å². The molecule has 0 saturated carbocycles. The number of hydrogen-bond donors (Lipinski definition) is 1. The van der Waals surface area contributed by atoms with Crippen molar-refractivity contribution in [2.45, 2.75) is 6.36 Å². The molecular weight excluding hydrogens is 515 g/mol. The fourth-order valence-corrected chi connectivity index (χ4v) is 3.93. The number of alkyl halides is 3. The number of hydrogen-bond acceptors (Lipinski definition) is 7. The maximum absolute atomic E-state index is 12.8. The maximum atomic E-state index is 12.8. The lowest BCUT2D eigenvalue weighted by atomic mass is 10.1. The number of amides is 1. The van der Waals surface area contributed by atoms with Gasteiger partial charge in [-0.2, -0.15) is 0 Å². The minimum absolute atomic E-state index is 0.135. The summed E-state index contributed by atoms with van der Waals surface area (Å²) in [7, 11) is 3.08. The fourth-order valence-electron chi connectivity index (χ4n) is 3.93. The number of rotatable bonds is 7. The van der Waals surface area contributed by atoms with Gasteiger partial charge < -0.3 is 24.3 Å². The molecule has 11 heteroatoms. The van der Waals surface area contributed by atoms with Gasteiger partial charge in [-0.3, -0.25) is 14.8 Å². The Balaban J connectivity index is 1.40. The van der Waals surface area contributed by atoms with Crippen LogP contribution in [0.3, 0.4) is 0 Å². The van der Waals surface area contributed by atoms with Crippen LogP contribution >= 0.6 is 0 Å². The van der Waals surface area contributed by atoms with Gasteiger partial charge in [-0.05, 0) is 48.5 Å². The second-order valence-electron chi connectivity index (χ2n) is 8.24. The number of nitrogens with zero attached hydrogens (tertiary/aromatic N) is 2. The molecule has 0 atom stereocenters. The van der Waals surface area contributed by atoms with E-state index in [-0.39, 0.29) is 11.3 Å². The maximum Gasteiger partial charge on any atom is 0.573 e. The molecule has 198 valence electrons. The number of carbonyl (C=O) groups excluding carboxylic acids is 1. The van der Waals surface area contributed by atoms with Crippen molar-refractivity contribution in [2.75, 3.05) is 19.5 Å². The van der Waals surface area contributed by atoms with Crippen molar-refractivity contribution in [1.29, 1.82) is 0 Å². The van der Waals surface area contributed by atoms with Gasteiger partial charge in [0.05, 0.1) is 30.8 Å². The predicted octanol–water partition coefficient (Wildman–Crippen LogP) is 6.74. The molecule has 8 nitrogen and oxygen atoms in total. The van der Waals surface area contributed by atoms with E-state index in [0.717, 1.165) is 12.1 Å². The van der Waals surface area contributed by atoms with Gasteiger partial charge in [0.2, 0.25) is 0 Å². The first-order valence-corrected chi connectivity index (χ1v) is 11.5. The Morgan fingerprint density at radius 1 is 0.821 bits per heavy atom. The first-order chi connectivity index (χ1) is 18.7. The van der Waals surface area contributed by atoms with Crippen LogP contribution in [0.15, 0.2) is 79.1 Å². The molecule has 0 aliphatic heterocycles. The zero-order valence-corrected chi connectivity index (χ0v) is 20.6. The van der Waals surface area contributed by atoms with E-state index in [4.69, 9.17) is 14.2 Å². The second kappa shape index (κ2) is 10.4. The number of halogens is 3. The average Bonchev–Trinajstić information content (AvgIpc) is 2.91. The number of ether oxygens (including phenoxy) is 4. The second-order valence-corrected chi connectivity index (χ2v) is 8.24. The highest BCUT2D eigenvalue weighted by Crippen LogP contribution is 2.37. The summed E-state index contributed by atoms with van der Waals surface area (Å²) >= 11 is 0. The predicted molar refractivity (Wildman–Crippen MR) is 138 cm³/mol. The van der Waals surface area contributed by atoms with E-state index in [1.54, 1.807) is 55.8 Å². The Labute approximate surface area is 219 Å². The molecule has 3 aromatic carbocycles. The van der Waals surface area contributed by atoms with Crippen LogP contribution in [0, 0.1) is 0 Å². The molecule has 1 N–H and O–H groups in total. The van der Waals surface area contributed by atoms with Gasteiger partial charge in [-0.1, -0.05) is 6.07 Å². The summed E-state index contributed by atoms with van der Waals surface area (Å²) in [6.07, 6.45) is -1.85. The largest absolute Gasteiger partial charge is 0.573 e. The standard InChI is InChI=1S/C28H20F3N3O5/c1-36-25-13-21-23(14-26(25)37-2)32-9-8-24(21)38-19-6-7-22-16(11-19)10-17(15-33-22)27(35)34-18-4-3-5-20(12-18)39-28(29,30)31/h3-15H,1-2H3,(H,34,35). The fraction of sp³-hybridized carbons (Fsp3) is 0.107. The third-order valence-corrected chi connectivity index (χ3v) is 5.68. The Morgan fingerprint density at radius 3 is 2.38 bits per heavy atom. The van der Waals surface area contributed by atoms with Crippen LogP contribution in [0.1, 0.15) is 10.4 Å². The minimum Gasteiger partial charge on any atom is -0.493 e. The van der Waals surface area contributed by atoms with Crippen LogP contribution in [0.2, 0.25) is 0 Å². The van der Waals surface area contributed by atoms with Crippen LogP contribution in [-0.2, 0) is 0 Å². The molecule has 0 radical (unpaired) electrons. The van der Waals surface area contributed by atoms with Crippen molar-refractivity contribution < 1.29 is 36.9 Å². The highest BCUT2D eigenvalue weighted by molar-refractivity contribution is 6.06. The third-order valence-electron chi connectivity index (χ3n) is 5.68. The van der Waals surface area contributed by atoms with Gasteiger partial charge in [0, 0.05) is 41.0 Å². The zero-order valence-electron chi connectivity index (χ0n) is 20.6. The normalized spacial score (nSPS) is 11.3. The molecule has 0 fully saturated rings. The van der Waals surface area contributed by atoms with Crippen molar-refractivity contribution in [2.24, 2.45) is 0 Å².